The summed E-state index contributed by atoms with van der Waals surface area (Å²) in [6, 6.07) is 14.8. The molecule has 137 heavy (non-hydrogen) atoms. The summed E-state index contributed by atoms with van der Waals surface area (Å²) in [5.41, 5.74) is 23.0. The minimum absolute atomic E-state index is 0. The second-order valence-corrected chi connectivity index (χ2v) is 34.1. The number of carboxylic acids is 3. The number of aromatic amines is 1. The minimum Gasteiger partial charge on any atom is -0.870 e. The number of nitrogen functional groups attached to an aromatic ring is 4. The number of carboxylic acid groups (broad SMARTS) is 3. The number of H-pyrrole nitrogens is 1. The summed E-state index contributed by atoms with van der Waals surface area (Å²) in [4.78, 5) is 107. The molecule has 2 aliphatic rings. The van der Waals surface area contributed by atoms with Crippen molar-refractivity contribution in [1.82, 2.24) is 35.1 Å². The summed E-state index contributed by atoms with van der Waals surface area (Å²) >= 11 is 40.9. The van der Waals surface area contributed by atoms with Gasteiger partial charge in [0, 0.05) is 98.8 Å². The van der Waals surface area contributed by atoms with Crippen molar-refractivity contribution in [2.45, 2.75) is 101 Å². The number of aliphatic hydroxyl groups excluding tert-OH is 2. The normalized spacial score (nSPS) is 11.2. The van der Waals surface area contributed by atoms with E-state index in [-0.39, 0.29) is 156 Å². The topological polar surface area (TPSA) is 584 Å². The van der Waals surface area contributed by atoms with Crippen LogP contribution in [0.2, 0.25) is 20.1 Å². The van der Waals surface area contributed by atoms with Gasteiger partial charge in [-0.15, -0.1) is 0 Å². The van der Waals surface area contributed by atoms with E-state index in [9.17, 15) is 68.7 Å². The number of nitrogens with two attached hydrogens (primary N) is 5. The number of hydrogen-bond donors (Lipinski definition) is 15. The van der Waals surface area contributed by atoms with Gasteiger partial charge >= 0.3 is 62.0 Å². The molecule has 2 aromatic heterocycles. The number of amides is 2. The van der Waals surface area contributed by atoms with Crippen LogP contribution in [-0.4, -0.2) is 231 Å². The molecule has 11 rings (SSSR count). The molecule has 758 valence electrons. The van der Waals surface area contributed by atoms with E-state index in [1.165, 1.54) is 69.3 Å². The molecule has 2 fully saturated rings. The standard InChI is InChI=1S/C17H19BrClFN4O2.C9H18N2O2.C8H3BrClFN2O.C8H6BrClFNO2.C8H7BrFNO2.C7H8BFO3.C7H4BrClFNO2.C7H5BrFNO2.C3H8O.C2H4O2.C2H6O.CH3F.CH4N2.2CH4.Li.H2O/c1-17(2,3)26-16(25)24-6-4-23(5-7-24)15-12-11(21-9-22-15)8-10(18)13(19)14(12)20;1-9(2,3)13-8(12)11-6-4-10-5-7-11;9-3-1-4-5(7(11)6(3)10)8(14)13-2-12-4;1-14-8(13)5-4(12)2-3(9)6(10)7(5)11;1-13-8(12)7-5(10)2-4(9)3-6(7)11;1-12-6-4-2-3-5(9)7(6)8(10)11;8-2-1-3(11)4(7(12)13)6(10)5(2)9;8-3-1-4(9)6(7(11)12)5(10)2-3;1-3(2)4;1-2(3)4;1-2-3;1-2;2-1-3;;;;/h8-9H,4-7H2,1-3H3;10H,4-7H2,1-3H3;1-2H,(H,12,13,14);2H,12H2,1H3;2-3H,11H2,1H3;2-4,10-11H,1H3;1H,11H2,(H,12,13);1-2H,10H2,(H,11,12);3-4H,1-2H3;1H3,(H,3,4);3H,2H2,1H3;1H3;1H,(H3,2,3);2*1H4;;1H2/q;;;;;;;;;;;;;;;+1;/p-1/i;;;;;;;;;;;1D;;;;;. The molecule has 0 spiro atoms. The predicted octanol–water partition coefficient (Wildman–Crippen LogP) is 14.7. The van der Waals surface area contributed by atoms with Crippen molar-refractivity contribution in [3.63, 3.8) is 0 Å². The van der Waals surface area contributed by atoms with Gasteiger partial charge in [-0.2, -0.15) is 0 Å². The van der Waals surface area contributed by atoms with E-state index in [1.807, 2.05) is 46.4 Å². The second kappa shape index (κ2) is 69.0. The third-order valence-corrected chi connectivity index (χ3v) is 20.6. The Hall–Kier alpha value is -8.92. The maximum Gasteiger partial charge on any atom is 1.00 e. The second-order valence-electron chi connectivity index (χ2n) is 27.4. The Balaban J connectivity index is -0.000000355. The number of nitrogens with zero attached hydrogens (tertiary/aromatic N) is 6. The van der Waals surface area contributed by atoms with Gasteiger partial charge in [-0.3, -0.25) is 19.4 Å². The molecule has 4 heterocycles. The first-order valence-corrected chi connectivity index (χ1v) is 43.3. The zero-order chi connectivity index (χ0) is 104. The number of aliphatic carboxylic acids is 1. The van der Waals surface area contributed by atoms with Crippen LogP contribution in [0.3, 0.4) is 0 Å². The Kier molecular flexibility index (Phi) is 68.8. The maximum absolute atomic E-state index is 14.7. The Bertz CT molecular complexity index is 5460. The summed E-state index contributed by atoms with van der Waals surface area (Å²) < 4.78 is 136. The Labute approximate surface area is 868 Å². The molecule has 0 atom stereocenters. The van der Waals surface area contributed by atoms with Crippen molar-refractivity contribution in [1.29, 1.82) is 5.41 Å². The Morgan fingerprint density at radius 2 is 0.942 bits per heavy atom. The van der Waals surface area contributed by atoms with E-state index in [1.54, 1.807) is 36.6 Å². The monoisotopic (exact) mass is 2410 g/mol. The first-order chi connectivity index (χ1) is 62.1. The number of carbonyl (C=O) groups is 7. The smallest absolute Gasteiger partial charge is 0.870 e. The van der Waals surface area contributed by atoms with Gasteiger partial charge in [0.05, 0.1) is 107 Å². The van der Waals surface area contributed by atoms with Crippen LogP contribution in [0.4, 0.5) is 73.3 Å². The van der Waals surface area contributed by atoms with Crippen LogP contribution in [0.15, 0.2) is 111 Å². The minimum atomic E-state index is -1.85. The molecular formula is C82H104BBr6Cl4F8LiN14O21. The predicted molar refractivity (Wildman–Crippen MR) is 530 cm³/mol. The van der Waals surface area contributed by atoms with Crippen molar-refractivity contribution >= 4 is 253 Å². The number of carbonyl (C=O) groups excluding carboxylic acids is 4. The van der Waals surface area contributed by atoms with Crippen molar-refractivity contribution < 1.29 is 154 Å². The SMILES string of the molecule is C.C.CC(=O)O.CC(C)(C)OC(=O)N1CCN(c2ncnc3cc(Br)c(Cl)c(F)c23)CC1.CC(C)(C)OC(=O)N1CCNCC1.CC(C)O.CCO.COC(=O)c1c(N)cc(Br)c(Cl)c1F.COC(=O)c1c(N)cc(Br)cc1F.COc1cccc(F)c1B(O)O.N=CN.Nc1cc(Br)c(Cl)c(F)c1C(=O)O.Nc1cc(Br)cc(F)c1C(=O)O.O=c1[nH]cnc2cc(Br)c(Cl)c(F)c12.[2H]CF.[Li+].[OH-]. The molecule has 2 amide bonds. The van der Waals surface area contributed by atoms with Crippen LogP contribution in [-0.2, 0) is 23.7 Å². The van der Waals surface area contributed by atoms with Crippen molar-refractivity contribution in [3.8, 4) is 5.75 Å². The molecule has 0 bridgehead atoms. The summed E-state index contributed by atoms with van der Waals surface area (Å²) in [7, 11) is 0.794. The van der Waals surface area contributed by atoms with Gasteiger partial charge in [-0.25, -0.2) is 74.5 Å². The van der Waals surface area contributed by atoms with Crippen molar-refractivity contribution in [2.24, 2.45) is 5.73 Å². The molecule has 0 aliphatic carbocycles. The number of fused-ring (bicyclic) bond motifs is 2. The van der Waals surface area contributed by atoms with Gasteiger partial charge in [0.2, 0.25) is 0 Å². The number of aliphatic hydroxyl groups is 2. The van der Waals surface area contributed by atoms with E-state index >= 15 is 0 Å². The van der Waals surface area contributed by atoms with Gasteiger partial charge < -0.3 is 118 Å². The zero-order valence-corrected chi connectivity index (χ0v) is 86.6. The van der Waals surface area contributed by atoms with Crippen molar-refractivity contribution in [2.75, 3.05) is 115 Å². The molecule has 55 heteroatoms. The number of nitrogens with one attached hydrogen (secondary N) is 3. The Morgan fingerprint density at radius 3 is 1.31 bits per heavy atom. The molecule has 21 N–H and O–H groups in total. The maximum atomic E-state index is 14.7. The average Bonchev–Trinajstić information content (AvgIpc) is 0.772. The van der Waals surface area contributed by atoms with Gasteiger partial charge in [-0.1, -0.05) is 99.2 Å². The molecule has 0 radical (unpaired) electrons. The number of hydrogen-bond acceptors (Lipinski definition) is 28. The van der Waals surface area contributed by atoms with E-state index < -0.39 is 107 Å². The molecule has 7 aromatic carbocycles. The van der Waals surface area contributed by atoms with Gasteiger partial charge in [0.25, 0.3) is 11.5 Å². The number of alkyl halides is 1. The third-order valence-electron chi connectivity index (χ3n) is 14.8. The molecular weight excluding hydrogens is 2310 g/mol. The quantitative estimate of drug-likeness (QED) is 0.0103. The van der Waals surface area contributed by atoms with E-state index in [0.717, 1.165) is 64.8 Å². The van der Waals surface area contributed by atoms with Crippen LogP contribution in [0.5, 0.6) is 5.75 Å². The number of esters is 2. The van der Waals surface area contributed by atoms with Crippen LogP contribution in [0.25, 0.3) is 21.8 Å². The number of rotatable bonds is 7. The van der Waals surface area contributed by atoms with E-state index in [2.05, 4.69) is 136 Å². The fourth-order valence-corrected chi connectivity index (χ4v) is 12.6. The largest absolute Gasteiger partial charge is 1.00 e. The van der Waals surface area contributed by atoms with Crippen LogP contribution in [0.1, 0.15) is 127 Å². The summed E-state index contributed by atoms with van der Waals surface area (Å²) in [5.74, 6) is -10.1. The molecule has 35 nitrogen and oxygen atoms in total. The van der Waals surface area contributed by atoms with Gasteiger partial charge in [0.1, 0.15) is 74.2 Å². The van der Waals surface area contributed by atoms with Crippen LogP contribution < -0.4 is 73.5 Å². The average molecular weight is 2410 g/mol. The van der Waals surface area contributed by atoms with Gasteiger partial charge in [-0.05, 0) is 187 Å². The first-order valence-electron chi connectivity index (χ1n) is 37.8. The number of anilines is 5. The number of benzene rings is 7. The Morgan fingerprint density at radius 1 is 0.599 bits per heavy atom. The first kappa shape index (κ1) is 137. The number of aromatic nitrogens is 4. The fourth-order valence-electron chi connectivity index (χ4n) is 9.51. The number of halogens is 18. The molecule has 9 aromatic rings. The number of aromatic carboxylic acids is 2. The van der Waals surface area contributed by atoms with Gasteiger partial charge in [0.15, 0.2) is 23.3 Å². The van der Waals surface area contributed by atoms with E-state index in [4.69, 9.17) is 131 Å². The number of ether oxygens (including phenoxy) is 5. The number of methoxy groups -OCH3 is 3. The third kappa shape index (κ3) is 48.2. The summed E-state index contributed by atoms with van der Waals surface area (Å²) in [5, 5.41) is 66.2. The number of piperazine rings is 2. The molecule has 0 unspecified atom stereocenters. The molecule has 2 aliphatic heterocycles. The summed E-state index contributed by atoms with van der Waals surface area (Å²) in [6.07, 6.45) is 2.65. The van der Waals surface area contributed by atoms with Crippen LogP contribution >= 0.6 is 142 Å². The molecule has 2 saturated heterocycles. The van der Waals surface area contributed by atoms with Crippen LogP contribution in [0, 0.1) is 46.1 Å². The van der Waals surface area contributed by atoms with Crippen molar-refractivity contribution in [3.05, 3.63) is 200 Å². The zero-order valence-electron chi connectivity index (χ0n) is 75.1. The molecule has 0 saturated carbocycles. The summed E-state index contributed by atoms with van der Waals surface area (Å²) in [6.45, 7) is 22.8. The van der Waals surface area contributed by atoms with E-state index in [0.29, 0.717) is 59.9 Å². The fraction of sp³-hybridized carbons (Fsp3) is 0.341.